The van der Waals surface area contributed by atoms with Crippen LogP contribution in [-0.2, 0) is 4.79 Å². The fourth-order valence-electron chi connectivity index (χ4n) is 3.03. The second-order valence-electron chi connectivity index (χ2n) is 6.45. The van der Waals surface area contributed by atoms with Gasteiger partial charge in [0.05, 0.1) is 13.2 Å². The Labute approximate surface area is 176 Å². The van der Waals surface area contributed by atoms with Crippen LogP contribution >= 0.6 is 0 Å². The van der Waals surface area contributed by atoms with E-state index < -0.39 is 0 Å². The van der Waals surface area contributed by atoms with Crippen molar-refractivity contribution in [3.63, 3.8) is 0 Å². The number of nitrogens with zero attached hydrogens (tertiary/aromatic N) is 1. The van der Waals surface area contributed by atoms with Gasteiger partial charge in [0.2, 0.25) is 5.91 Å². The number of hydrogen-bond donors (Lipinski definition) is 1. The summed E-state index contributed by atoms with van der Waals surface area (Å²) in [4.78, 5) is 12.6. The van der Waals surface area contributed by atoms with Crippen LogP contribution in [0.2, 0.25) is 0 Å². The molecule has 0 spiro atoms. The second kappa shape index (κ2) is 10.5. The normalized spacial score (nSPS) is 10.6. The molecule has 0 saturated heterocycles. The smallest absolute Gasteiger partial charge is 0.244 e. The minimum Gasteiger partial charge on any atom is -0.493 e. The molecule has 0 aliphatic carbocycles. The summed E-state index contributed by atoms with van der Waals surface area (Å²) in [5.41, 5.74) is 2.79. The van der Waals surface area contributed by atoms with Crippen LogP contribution in [0.4, 0.5) is 0 Å². The Hall–Kier alpha value is -4.04. The molecule has 5 heteroatoms. The molecule has 0 heterocycles. The van der Waals surface area contributed by atoms with Crippen LogP contribution < -0.4 is 14.8 Å². The molecule has 0 bridgehead atoms. The molecular formula is C25H22N2O3. The van der Waals surface area contributed by atoms with Gasteiger partial charge >= 0.3 is 0 Å². The van der Waals surface area contributed by atoms with Crippen molar-refractivity contribution in [3.05, 3.63) is 102 Å². The average Bonchev–Trinajstić information content (AvgIpc) is 2.81. The average molecular weight is 398 g/mol. The van der Waals surface area contributed by atoms with Gasteiger partial charge in [-0.2, -0.15) is 5.26 Å². The first-order valence-corrected chi connectivity index (χ1v) is 9.47. The Morgan fingerprint density at radius 2 is 1.63 bits per heavy atom. The highest BCUT2D eigenvalue weighted by atomic mass is 16.5. The first-order valence-electron chi connectivity index (χ1n) is 9.47. The van der Waals surface area contributed by atoms with Crippen LogP contribution in [0.15, 0.2) is 84.9 Å². The molecule has 0 radical (unpaired) electrons. The third-order valence-electron chi connectivity index (χ3n) is 4.46. The van der Waals surface area contributed by atoms with Crippen molar-refractivity contribution >= 4 is 12.0 Å². The standard InChI is InChI=1S/C25H22N2O3/c1-29-23-18-19(12-14-22(23)30-17-16-26)13-15-24(28)27-25(20-8-4-2-5-9-20)21-10-6-3-7-11-21/h2-15,18,25H,17H2,1H3,(H,27,28)/b15-13+. The Morgan fingerprint density at radius 3 is 2.20 bits per heavy atom. The van der Waals surface area contributed by atoms with Gasteiger partial charge in [0.15, 0.2) is 18.1 Å². The highest BCUT2D eigenvalue weighted by Crippen LogP contribution is 2.28. The minimum atomic E-state index is -0.249. The third-order valence-corrected chi connectivity index (χ3v) is 4.46. The Bertz CT molecular complexity index is 1000. The van der Waals surface area contributed by atoms with Crippen molar-refractivity contribution in [2.24, 2.45) is 0 Å². The fourth-order valence-corrected chi connectivity index (χ4v) is 3.03. The fraction of sp³-hybridized carbons (Fsp3) is 0.120. The minimum absolute atomic E-state index is 0.0612. The second-order valence-corrected chi connectivity index (χ2v) is 6.45. The van der Waals surface area contributed by atoms with Gasteiger partial charge in [-0.15, -0.1) is 0 Å². The lowest BCUT2D eigenvalue weighted by atomic mass is 9.98. The Morgan fingerprint density at radius 1 is 1.00 bits per heavy atom. The summed E-state index contributed by atoms with van der Waals surface area (Å²) >= 11 is 0. The van der Waals surface area contributed by atoms with E-state index in [-0.39, 0.29) is 18.6 Å². The quantitative estimate of drug-likeness (QED) is 0.567. The summed E-state index contributed by atoms with van der Waals surface area (Å²) in [6.07, 6.45) is 3.20. The molecule has 0 aliphatic rings. The van der Waals surface area contributed by atoms with E-state index in [0.29, 0.717) is 11.5 Å². The summed E-state index contributed by atoms with van der Waals surface area (Å²) in [6.45, 7) is -0.0612. The molecule has 0 saturated carbocycles. The van der Waals surface area contributed by atoms with Gasteiger partial charge in [-0.25, -0.2) is 0 Å². The lowest BCUT2D eigenvalue weighted by molar-refractivity contribution is -0.116. The van der Waals surface area contributed by atoms with Gasteiger partial charge < -0.3 is 14.8 Å². The molecule has 3 aromatic carbocycles. The topological polar surface area (TPSA) is 71.3 Å². The summed E-state index contributed by atoms with van der Waals surface area (Å²) in [7, 11) is 1.53. The number of carbonyl (C=O) groups is 1. The monoisotopic (exact) mass is 398 g/mol. The highest BCUT2D eigenvalue weighted by Gasteiger charge is 2.15. The zero-order chi connectivity index (χ0) is 21.2. The van der Waals surface area contributed by atoms with Crippen molar-refractivity contribution in [2.75, 3.05) is 13.7 Å². The van der Waals surface area contributed by atoms with Crippen LogP contribution in [0.25, 0.3) is 6.08 Å². The summed E-state index contributed by atoms with van der Waals surface area (Å²) in [5, 5.41) is 11.7. The SMILES string of the molecule is COc1cc(/C=C/C(=O)NC(c2ccccc2)c2ccccc2)ccc1OCC#N. The van der Waals surface area contributed by atoms with Crippen LogP contribution in [0.5, 0.6) is 11.5 Å². The van der Waals surface area contributed by atoms with Crippen molar-refractivity contribution < 1.29 is 14.3 Å². The van der Waals surface area contributed by atoms with Gasteiger partial charge in [0.1, 0.15) is 6.07 Å². The van der Waals surface area contributed by atoms with E-state index in [1.165, 1.54) is 13.2 Å². The number of amides is 1. The molecule has 0 atom stereocenters. The van der Waals surface area contributed by atoms with E-state index in [1.807, 2.05) is 66.7 Å². The zero-order valence-corrected chi connectivity index (χ0v) is 16.6. The number of nitriles is 1. The highest BCUT2D eigenvalue weighted by molar-refractivity contribution is 5.92. The van der Waals surface area contributed by atoms with Gasteiger partial charge in [0, 0.05) is 6.08 Å². The maximum Gasteiger partial charge on any atom is 0.244 e. The zero-order valence-electron chi connectivity index (χ0n) is 16.6. The van der Waals surface area contributed by atoms with E-state index in [4.69, 9.17) is 14.7 Å². The lowest BCUT2D eigenvalue weighted by Gasteiger charge is -2.19. The molecule has 3 aromatic rings. The Balaban J connectivity index is 1.76. The number of rotatable bonds is 8. The van der Waals surface area contributed by atoms with E-state index >= 15 is 0 Å². The van der Waals surface area contributed by atoms with Gasteiger partial charge in [-0.3, -0.25) is 4.79 Å². The van der Waals surface area contributed by atoms with Crippen molar-refractivity contribution in [1.29, 1.82) is 5.26 Å². The maximum absolute atomic E-state index is 12.6. The van der Waals surface area contributed by atoms with Crippen molar-refractivity contribution in [2.45, 2.75) is 6.04 Å². The summed E-state index contributed by atoms with van der Waals surface area (Å²) in [6, 6.07) is 26.6. The van der Waals surface area contributed by atoms with Crippen LogP contribution in [-0.4, -0.2) is 19.6 Å². The van der Waals surface area contributed by atoms with Crippen molar-refractivity contribution in [1.82, 2.24) is 5.32 Å². The molecule has 0 aliphatic heterocycles. The van der Waals surface area contributed by atoms with E-state index in [0.717, 1.165) is 16.7 Å². The number of hydrogen-bond acceptors (Lipinski definition) is 4. The van der Waals surface area contributed by atoms with Gasteiger partial charge in [-0.05, 0) is 34.9 Å². The number of methoxy groups -OCH3 is 1. The van der Waals surface area contributed by atoms with E-state index in [2.05, 4.69) is 5.32 Å². The molecule has 30 heavy (non-hydrogen) atoms. The lowest BCUT2D eigenvalue weighted by Crippen LogP contribution is -2.27. The van der Waals surface area contributed by atoms with E-state index in [1.54, 1.807) is 24.3 Å². The molecule has 1 N–H and O–H groups in total. The summed E-state index contributed by atoms with van der Waals surface area (Å²) < 4.78 is 10.6. The van der Waals surface area contributed by atoms with Crippen molar-refractivity contribution in [3.8, 4) is 17.6 Å². The molecule has 150 valence electrons. The largest absolute Gasteiger partial charge is 0.493 e. The molecule has 1 amide bonds. The van der Waals surface area contributed by atoms with Gasteiger partial charge in [-0.1, -0.05) is 66.7 Å². The summed E-state index contributed by atoms with van der Waals surface area (Å²) in [5.74, 6) is 0.768. The molecule has 5 nitrogen and oxygen atoms in total. The maximum atomic E-state index is 12.6. The molecular weight excluding hydrogens is 376 g/mol. The van der Waals surface area contributed by atoms with Crippen LogP contribution in [0.1, 0.15) is 22.7 Å². The number of benzene rings is 3. The predicted molar refractivity (Wildman–Crippen MR) is 116 cm³/mol. The first-order chi connectivity index (χ1) is 14.7. The molecule has 0 aromatic heterocycles. The van der Waals surface area contributed by atoms with Crippen LogP contribution in [0, 0.1) is 11.3 Å². The predicted octanol–water partition coefficient (Wildman–Crippen LogP) is 4.52. The molecule has 0 fully saturated rings. The van der Waals surface area contributed by atoms with E-state index in [9.17, 15) is 4.79 Å². The number of nitrogens with one attached hydrogen (secondary N) is 1. The van der Waals surface area contributed by atoms with Gasteiger partial charge in [0.25, 0.3) is 0 Å². The number of carbonyl (C=O) groups excluding carboxylic acids is 1. The first kappa shape index (κ1) is 20.7. The van der Waals surface area contributed by atoms with Crippen LogP contribution in [0.3, 0.4) is 0 Å². The third kappa shape index (κ3) is 5.49. The molecule has 0 unspecified atom stereocenters. The molecule has 3 rings (SSSR count). The number of ether oxygens (including phenoxy) is 2. The Kier molecular flexibility index (Phi) is 7.23.